The number of carbonyl (C=O) groups is 2. The minimum atomic E-state index is -4.85. The average molecular weight is 801 g/mol. The van der Waals surface area contributed by atoms with Gasteiger partial charge in [0.25, 0.3) is 0 Å². The molecule has 2 spiro atoms. The van der Waals surface area contributed by atoms with E-state index in [2.05, 4.69) is 42.1 Å². The number of ketones is 1. The van der Waals surface area contributed by atoms with Crippen molar-refractivity contribution in [3.8, 4) is 17.2 Å². The lowest BCUT2D eigenvalue weighted by Gasteiger charge is -2.71. The van der Waals surface area contributed by atoms with E-state index in [1.165, 1.54) is 29.2 Å². The number of rotatable bonds is 10. The Bertz CT molecular complexity index is 2120. The molecule has 3 saturated carbocycles. The van der Waals surface area contributed by atoms with Crippen molar-refractivity contribution in [3.63, 3.8) is 0 Å². The standard InChI is InChI=1S/C46H51F3N2O7/c1-41-20-17-32(52)25-43(41)23-24-45(36(26-43)39(53)30-7-13-33(56-3)14-8-30)37(41)18-21-42(2)38(45)19-22-44(42,55)28-51(40(54)50-31-9-15-34(57-4)16-10-31)27-29-5-11-35(12-6-29)58-46(47,48)49/h5-16,23-24,26,32,37-38,52,55H,17-22,25,27-28H2,1-4H3,(H,50,54). The van der Waals surface area contributed by atoms with Gasteiger partial charge in [-0.3, -0.25) is 4.79 Å². The summed E-state index contributed by atoms with van der Waals surface area (Å²) in [6.45, 7) is 4.36. The summed E-state index contributed by atoms with van der Waals surface area (Å²) in [6, 6.07) is 18.9. The third kappa shape index (κ3) is 6.38. The quantitative estimate of drug-likeness (QED) is 0.138. The topological polar surface area (TPSA) is 118 Å². The van der Waals surface area contributed by atoms with Crippen LogP contribution in [0, 0.1) is 33.5 Å². The van der Waals surface area contributed by atoms with Crippen LogP contribution in [-0.4, -0.2) is 65.8 Å². The van der Waals surface area contributed by atoms with E-state index in [0.717, 1.165) is 12.8 Å². The first-order chi connectivity index (χ1) is 27.5. The van der Waals surface area contributed by atoms with Crippen molar-refractivity contribution in [2.75, 3.05) is 26.1 Å². The second-order valence-electron chi connectivity index (χ2n) is 17.6. The Balaban J connectivity index is 1.16. The number of fused-ring (bicyclic) bond motifs is 1. The summed E-state index contributed by atoms with van der Waals surface area (Å²) in [5.74, 6) is 0.714. The Kier molecular flexibility index (Phi) is 9.78. The van der Waals surface area contributed by atoms with Gasteiger partial charge in [-0.05, 0) is 128 Å². The smallest absolute Gasteiger partial charge is 0.497 e. The first-order valence-corrected chi connectivity index (χ1v) is 20.1. The van der Waals surface area contributed by atoms with Gasteiger partial charge in [0.15, 0.2) is 5.78 Å². The molecule has 3 fully saturated rings. The van der Waals surface area contributed by atoms with Crippen molar-refractivity contribution in [1.29, 1.82) is 0 Å². The maximum atomic E-state index is 14.9. The lowest BCUT2D eigenvalue weighted by Crippen LogP contribution is -2.67. The van der Waals surface area contributed by atoms with Gasteiger partial charge in [0.05, 0.1) is 32.5 Å². The predicted octanol–water partition coefficient (Wildman–Crippen LogP) is 9.11. The highest BCUT2D eigenvalue weighted by atomic mass is 19.4. The number of aliphatic hydroxyl groups excluding tert-OH is 1. The summed E-state index contributed by atoms with van der Waals surface area (Å²) < 4.78 is 53.6. The van der Waals surface area contributed by atoms with Crippen molar-refractivity contribution >= 4 is 17.5 Å². The van der Waals surface area contributed by atoms with Crippen molar-refractivity contribution in [2.24, 2.45) is 33.5 Å². The number of benzene rings is 3. The number of Topliss-reactive ketones (excluding diaryl/α,β-unsaturated/α-hetero) is 1. The van der Waals surface area contributed by atoms with Crippen LogP contribution >= 0.6 is 0 Å². The number of hydrogen-bond acceptors (Lipinski definition) is 7. The van der Waals surface area contributed by atoms with E-state index in [-0.39, 0.29) is 41.9 Å². The molecular formula is C46H51F3N2O7. The van der Waals surface area contributed by atoms with E-state index >= 15 is 0 Å². The molecule has 58 heavy (non-hydrogen) atoms. The number of allylic oxidation sites excluding steroid dienone is 4. The van der Waals surface area contributed by atoms with Gasteiger partial charge in [-0.2, -0.15) is 0 Å². The fourth-order valence-corrected chi connectivity index (χ4v) is 11.9. The van der Waals surface area contributed by atoms with Gasteiger partial charge in [-0.1, -0.05) is 44.2 Å². The molecule has 8 atom stereocenters. The molecule has 308 valence electrons. The van der Waals surface area contributed by atoms with Crippen LogP contribution in [0.4, 0.5) is 23.7 Å². The minimum Gasteiger partial charge on any atom is -0.497 e. The Morgan fingerprint density at radius 2 is 1.40 bits per heavy atom. The number of amides is 2. The molecule has 3 aromatic carbocycles. The van der Waals surface area contributed by atoms with Crippen molar-refractivity contribution in [2.45, 2.75) is 83.4 Å². The van der Waals surface area contributed by atoms with Crippen LogP contribution in [-0.2, 0) is 6.54 Å². The number of hydrogen-bond donors (Lipinski definition) is 3. The molecule has 6 aliphatic carbocycles. The molecule has 3 N–H and O–H groups in total. The monoisotopic (exact) mass is 800 g/mol. The molecule has 0 radical (unpaired) electrons. The van der Waals surface area contributed by atoms with Gasteiger partial charge in [-0.25, -0.2) is 4.79 Å². The molecule has 2 amide bonds. The summed E-state index contributed by atoms with van der Waals surface area (Å²) in [6.07, 6.45) is 5.74. The maximum Gasteiger partial charge on any atom is 0.573 e. The van der Waals surface area contributed by atoms with Crippen LogP contribution in [0.25, 0.3) is 0 Å². The molecule has 2 bridgehead atoms. The number of halogens is 3. The van der Waals surface area contributed by atoms with Crippen LogP contribution in [0.3, 0.4) is 0 Å². The normalized spacial score (nSPS) is 33.3. The highest BCUT2D eigenvalue weighted by Crippen LogP contribution is 2.78. The SMILES string of the molecule is COc1ccc(NC(=O)N(Cc2ccc(OC(F)(F)F)cc2)CC2(O)CCC3C45C=CC6(C=C4C(=O)c4ccc(OC)cc4)CC(O)CCC6(C)C5CCC32C)cc1. The van der Waals surface area contributed by atoms with E-state index in [4.69, 9.17) is 9.47 Å². The van der Waals surface area contributed by atoms with Crippen LogP contribution in [0.1, 0.15) is 74.7 Å². The molecule has 3 aromatic rings. The molecule has 0 heterocycles. The second-order valence-corrected chi connectivity index (χ2v) is 17.6. The molecule has 6 aliphatic rings. The highest BCUT2D eigenvalue weighted by Gasteiger charge is 2.74. The molecule has 0 aliphatic heterocycles. The summed E-state index contributed by atoms with van der Waals surface area (Å²) in [4.78, 5) is 30.7. The third-order valence-corrected chi connectivity index (χ3v) is 14.9. The van der Waals surface area contributed by atoms with Gasteiger partial charge in [0.1, 0.15) is 17.2 Å². The van der Waals surface area contributed by atoms with Gasteiger partial charge in [-0.15, -0.1) is 13.2 Å². The number of carbonyl (C=O) groups excluding carboxylic acids is 2. The summed E-state index contributed by atoms with van der Waals surface area (Å²) in [5.41, 5.74) is -1.26. The zero-order valence-corrected chi connectivity index (χ0v) is 33.3. The number of alkyl halides is 3. The summed E-state index contributed by atoms with van der Waals surface area (Å²) in [7, 11) is 3.13. The first kappa shape index (κ1) is 40.0. The van der Waals surface area contributed by atoms with Gasteiger partial charge >= 0.3 is 12.4 Å². The Labute approximate surface area is 336 Å². The average Bonchev–Trinajstić information content (AvgIpc) is 3.47. The highest BCUT2D eigenvalue weighted by molar-refractivity contribution is 6.10. The minimum absolute atomic E-state index is 0.00492. The molecule has 8 unspecified atom stereocenters. The Morgan fingerprint density at radius 1 is 0.810 bits per heavy atom. The number of nitrogens with zero attached hydrogens (tertiary/aromatic N) is 1. The van der Waals surface area contributed by atoms with Gasteiger partial charge < -0.3 is 34.6 Å². The first-order valence-electron chi connectivity index (χ1n) is 20.1. The Hall–Kier alpha value is -4.81. The lowest BCUT2D eigenvalue weighted by atomic mass is 9.32. The molecule has 12 heteroatoms. The molecular weight excluding hydrogens is 750 g/mol. The Morgan fingerprint density at radius 3 is 2.03 bits per heavy atom. The number of urea groups is 1. The van der Waals surface area contributed by atoms with Crippen molar-refractivity contribution in [1.82, 2.24) is 4.90 Å². The van der Waals surface area contributed by atoms with E-state index in [0.29, 0.717) is 66.0 Å². The zero-order valence-electron chi connectivity index (χ0n) is 33.3. The molecule has 9 rings (SSSR count). The predicted molar refractivity (Wildman–Crippen MR) is 211 cm³/mol. The van der Waals surface area contributed by atoms with Gasteiger partial charge in [0.2, 0.25) is 0 Å². The van der Waals surface area contributed by atoms with E-state index in [1.807, 2.05) is 0 Å². The zero-order chi connectivity index (χ0) is 41.3. The summed E-state index contributed by atoms with van der Waals surface area (Å²) >= 11 is 0. The number of aliphatic hydroxyl groups is 2. The number of anilines is 1. The van der Waals surface area contributed by atoms with Crippen LogP contribution in [0.2, 0.25) is 0 Å². The lowest BCUT2D eigenvalue weighted by molar-refractivity contribution is -0.274. The van der Waals surface area contributed by atoms with Crippen LogP contribution in [0.15, 0.2) is 96.6 Å². The number of ether oxygens (including phenoxy) is 3. The van der Waals surface area contributed by atoms with Crippen LogP contribution in [0.5, 0.6) is 17.2 Å². The van der Waals surface area contributed by atoms with Crippen molar-refractivity contribution in [3.05, 3.63) is 108 Å². The number of nitrogens with one attached hydrogen (secondary N) is 1. The maximum absolute atomic E-state index is 14.9. The van der Waals surface area contributed by atoms with Gasteiger partial charge in [0, 0.05) is 39.6 Å². The largest absolute Gasteiger partial charge is 0.573 e. The fourth-order valence-electron chi connectivity index (χ4n) is 11.9. The molecule has 0 saturated heterocycles. The van der Waals surface area contributed by atoms with E-state index in [9.17, 15) is 33.0 Å². The van der Waals surface area contributed by atoms with E-state index < -0.39 is 40.3 Å². The summed E-state index contributed by atoms with van der Waals surface area (Å²) in [5, 5.41) is 27.1. The molecule has 0 aromatic heterocycles. The number of methoxy groups -OCH3 is 2. The van der Waals surface area contributed by atoms with Crippen LogP contribution < -0.4 is 19.5 Å². The van der Waals surface area contributed by atoms with Crippen molar-refractivity contribution < 1.29 is 47.2 Å². The fraction of sp³-hybridized carbons (Fsp3) is 0.478. The molecule has 9 nitrogen and oxygen atoms in total. The van der Waals surface area contributed by atoms with E-state index in [1.54, 1.807) is 62.8 Å². The third-order valence-electron chi connectivity index (χ3n) is 14.9. The second kappa shape index (κ2) is 14.2.